The van der Waals surface area contributed by atoms with Crippen molar-refractivity contribution in [2.75, 3.05) is 13.6 Å². The fourth-order valence-electron chi connectivity index (χ4n) is 3.27. The Hall–Kier alpha value is -1.31. The van der Waals surface area contributed by atoms with Crippen LogP contribution in [0.4, 0.5) is 0 Å². The van der Waals surface area contributed by atoms with Gasteiger partial charge in [-0.1, -0.05) is 25.3 Å². The largest absolute Gasteiger partial charge is 0.356 e. The van der Waals surface area contributed by atoms with Crippen molar-refractivity contribution in [3.8, 4) is 0 Å². The number of hydrogen-bond acceptors (Lipinski definition) is 2. The van der Waals surface area contributed by atoms with Crippen molar-refractivity contribution in [2.24, 2.45) is 4.99 Å². The van der Waals surface area contributed by atoms with Crippen LogP contribution in [0.15, 0.2) is 29.5 Å². The first kappa shape index (κ1) is 19.0. The van der Waals surface area contributed by atoms with E-state index in [0.717, 1.165) is 30.3 Å². The molecule has 0 unspecified atom stereocenters. The van der Waals surface area contributed by atoms with E-state index in [2.05, 4.69) is 51.5 Å². The molecule has 0 bridgehead atoms. The lowest BCUT2D eigenvalue weighted by atomic mass is 9.96. The molecule has 2 aromatic rings. The second-order valence-corrected chi connectivity index (χ2v) is 6.38. The number of nitrogens with zero attached hydrogens (tertiary/aromatic N) is 3. The molecule has 0 spiro atoms. The van der Waals surface area contributed by atoms with Gasteiger partial charge in [-0.2, -0.15) is 0 Å². The van der Waals surface area contributed by atoms with Gasteiger partial charge in [-0.05, 0) is 31.4 Å². The average molecular weight is 441 g/mol. The molecule has 1 saturated carbocycles. The summed E-state index contributed by atoms with van der Waals surface area (Å²) in [5, 5.41) is 6.95. The Morgan fingerprint density at radius 3 is 2.83 bits per heavy atom. The highest BCUT2D eigenvalue weighted by Gasteiger charge is 2.14. The lowest BCUT2D eigenvalue weighted by Gasteiger charge is -2.24. The number of guanidine groups is 1. The summed E-state index contributed by atoms with van der Waals surface area (Å²) < 4.78 is 2.10. The van der Waals surface area contributed by atoms with E-state index in [0.29, 0.717) is 6.04 Å². The first-order valence-corrected chi connectivity index (χ1v) is 8.66. The molecule has 24 heavy (non-hydrogen) atoms. The molecule has 0 radical (unpaired) electrons. The molecular weight excluding hydrogens is 413 g/mol. The molecule has 3 rings (SSSR count). The molecular formula is C18H28IN5. The molecule has 1 fully saturated rings. The van der Waals surface area contributed by atoms with Crippen molar-refractivity contribution in [2.45, 2.75) is 51.5 Å². The summed E-state index contributed by atoms with van der Waals surface area (Å²) >= 11 is 0. The predicted octanol–water partition coefficient (Wildman–Crippen LogP) is 3.30. The van der Waals surface area contributed by atoms with Gasteiger partial charge in [0.25, 0.3) is 0 Å². The minimum absolute atomic E-state index is 0. The molecule has 0 amide bonds. The smallest absolute Gasteiger partial charge is 0.191 e. The predicted molar refractivity (Wildman–Crippen MR) is 110 cm³/mol. The quantitative estimate of drug-likeness (QED) is 0.435. The van der Waals surface area contributed by atoms with Crippen LogP contribution in [0.5, 0.6) is 0 Å². The maximum Gasteiger partial charge on any atom is 0.191 e. The fourth-order valence-corrected chi connectivity index (χ4v) is 3.27. The van der Waals surface area contributed by atoms with Crippen LogP contribution in [0.1, 0.15) is 43.4 Å². The molecule has 0 saturated heterocycles. The molecule has 0 aliphatic heterocycles. The average Bonchev–Trinajstić information content (AvgIpc) is 2.99. The summed E-state index contributed by atoms with van der Waals surface area (Å²) in [5.41, 5.74) is 3.37. The lowest BCUT2D eigenvalue weighted by Crippen LogP contribution is -2.44. The Balaban J connectivity index is 0.00000208. The number of fused-ring (bicyclic) bond motifs is 1. The van der Waals surface area contributed by atoms with E-state index < -0.39 is 0 Å². The minimum atomic E-state index is 0. The zero-order valence-corrected chi connectivity index (χ0v) is 16.9. The van der Waals surface area contributed by atoms with Crippen LogP contribution in [0.25, 0.3) is 5.65 Å². The van der Waals surface area contributed by atoms with Crippen molar-refractivity contribution in [3.05, 3.63) is 35.8 Å². The van der Waals surface area contributed by atoms with Crippen LogP contribution in [0, 0.1) is 6.92 Å². The Kier molecular flexibility index (Phi) is 7.33. The lowest BCUT2D eigenvalue weighted by molar-refractivity contribution is 0.410. The maximum atomic E-state index is 4.71. The molecule has 1 aliphatic rings. The molecule has 0 aromatic carbocycles. The molecule has 0 atom stereocenters. The first-order valence-electron chi connectivity index (χ1n) is 8.66. The second kappa shape index (κ2) is 9.25. The van der Waals surface area contributed by atoms with E-state index in [-0.39, 0.29) is 24.0 Å². The Bertz CT molecular complexity index is 673. The number of hydrogen-bond donors (Lipinski definition) is 2. The summed E-state index contributed by atoms with van der Waals surface area (Å²) in [7, 11) is 1.84. The number of rotatable bonds is 4. The Labute approximate surface area is 161 Å². The SMILES string of the molecule is CN=C(NCCc1cn2cccc(C)c2n1)NC1CCCCC1.I. The van der Waals surface area contributed by atoms with E-state index >= 15 is 0 Å². The maximum absolute atomic E-state index is 4.71. The van der Waals surface area contributed by atoms with Gasteiger partial charge >= 0.3 is 0 Å². The molecule has 2 N–H and O–H groups in total. The normalized spacial score (nSPS) is 16.0. The monoisotopic (exact) mass is 441 g/mol. The highest BCUT2D eigenvalue weighted by atomic mass is 127. The Morgan fingerprint density at radius 1 is 1.33 bits per heavy atom. The summed E-state index contributed by atoms with van der Waals surface area (Å²) in [6.45, 7) is 2.94. The van der Waals surface area contributed by atoms with Gasteiger partial charge in [-0.25, -0.2) is 4.98 Å². The van der Waals surface area contributed by atoms with Crippen LogP contribution >= 0.6 is 24.0 Å². The van der Waals surface area contributed by atoms with Gasteiger partial charge in [0.2, 0.25) is 0 Å². The van der Waals surface area contributed by atoms with E-state index in [1.54, 1.807) is 0 Å². The molecule has 1 aliphatic carbocycles. The molecule has 6 heteroatoms. The van der Waals surface area contributed by atoms with Crippen LogP contribution in [-0.2, 0) is 6.42 Å². The summed E-state index contributed by atoms with van der Waals surface area (Å²) in [6.07, 6.45) is 11.6. The fraction of sp³-hybridized carbons (Fsp3) is 0.556. The number of nitrogens with one attached hydrogen (secondary N) is 2. The van der Waals surface area contributed by atoms with Gasteiger partial charge in [0.05, 0.1) is 5.69 Å². The van der Waals surface area contributed by atoms with Gasteiger partial charge in [0, 0.05) is 38.4 Å². The number of aryl methyl sites for hydroxylation is 1. The number of halogens is 1. The summed E-state index contributed by atoms with van der Waals surface area (Å²) in [5.74, 6) is 0.914. The summed E-state index contributed by atoms with van der Waals surface area (Å²) in [6, 6.07) is 4.73. The molecule has 2 heterocycles. The Morgan fingerprint density at radius 2 is 2.12 bits per heavy atom. The van der Waals surface area contributed by atoms with Crippen LogP contribution < -0.4 is 10.6 Å². The zero-order valence-electron chi connectivity index (χ0n) is 14.6. The van der Waals surface area contributed by atoms with Crippen molar-refractivity contribution in [1.29, 1.82) is 0 Å². The van der Waals surface area contributed by atoms with Crippen LogP contribution in [0.2, 0.25) is 0 Å². The van der Waals surface area contributed by atoms with Crippen molar-refractivity contribution >= 4 is 35.6 Å². The third-order valence-corrected chi connectivity index (χ3v) is 4.57. The van der Waals surface area contributed by atoms with Gasteiger partial charge in [0.1, 0.15) is 5.65 Å². The van der Waals surface area contributed by atoms with Crippen molar-refractivity contribution in [1.82, 2.24) is 20.0 Å². The molecule has 2 aromatic heterocycles. The summed E-state index contributed by atoms with van der Waals surface area (Å²) in [4.78, 5) is 9.05. The van der Waals surface area contributed by atoms with Gasteiger partial charge in [0.15, 0.2) is 5.96 Å². The highest BCUT2D eigenvalue weighted by Crippen LogP contribution is 2.17. The number of imidazole rings is 1. The first-order chi connectivity index (χ1) is 11.3. The van der Waals surface area contributed by atoms with Crippen molar-refractivity contribution in [3.63, 3.8) is 0 Å². The highest BCUT2D eigenvalue weighted by molar-refractivity contribution is 14.0. The zero-order chi connectivity index (χ0) is 16.1. The van der Waals surface area contributed by atoms with E-state index in [1.807, 2.05) is 7.05 Å². The second-order valence-electron chi connectivity index (χ2n) is 6.38. The third-order valence-electron chi connectivity index (χ3n) is 4.57. The standard InChI is InChI=1S/C18H27N5.HI/c1-14-7-6-12-23-13-16(21-17(14)23)10-11-20-18(19-2)22-15-8-4-3-5-9-15;/h6-7,12-13,15H,3-5,8-11H2,1-2H3,(H2,19,20,22);1H. The van der Waals surface area contributed by atoms with Crippen molar-refractivity contribution < 1.29 is 0 Å². The van der Waals surface area contributed by atoms with E-state index in [1.165, 1.54) is 37.7 Å². The molecule has 132 valence electrons. The topological polar surface area (TPSA) is 53.7 Å². The number of pyridine rings is 1. The number of aliphatic imine (C=N–C) groups is 1. The number of aromatic nitrogens is 2. The van der Waals surface area contributed by atoms with Gasteiger partial charge in [-0.15, -0.1) is 24.0 Å². The molecule has 5 nitrogen and oxygen atoms in total. The van der Waals surface area contributed by atoms with Crippen LogP contribution in [0.3, 0.4) is 0 Å². The van der Waals surface area contributed by atoms with E-state index in [9.17, 15) is 0 Å². The minimum Gasteiger partial charge on any atom is -0.356 e. The third kappa shape index (κ3) is 4.84. The van der Waals surface area contributed by atoms with Crippen LogP contribution in [-0.4, -0.2) is 35.0 Å². The van der Waals surface area contributed by atoms with Gasteiger partial charge < -0.3 is 15.0 Å². The van der Waals surface area contributed by atoms with Gasteiger partial charge in [-0.3, -0.25) is 4.99 Å². The van der Waals surface area contributed by atoms with E-state index in [4.69, 9.17) is 4.98 Å².